The van der Waals surface area contributed by atoms with Crippen molar-refractivity contribution in [2.24, 2.45) is 0 Å². The van der Waals surface area contributed by atoms with Crippen LogP contribution in [0.3, 0.4) is 0 Å². The molecule has 1 N–H and O–H groups in total. The lowest BCUT2D eigenvalue weighted by Gasteiger charge is -2.07. The van der Waals surface area contributed by atoms with Gasteiger partial charge >= 0.3 is 0 Å². The lowest BCUT2D eigenvalue weighted by atomic mass is 10.4. The molecule has 1 saturated heterocycles. The van der Waals surface area contributed by atoms with Crippen LogP contribution < -0.4 is 5.32 Å². The first kappa shape index (κ1) is 8.48. The molecule has 0 spiro atoms. The number of hydrogen-bond donors (Lipinski definition) is 1. The largest absolute Gasteiger partial charge is 0.330 e. The van der Waals surface area contributed by atoms with E-state index in [-0.39, 0.29) is 5.91 Å². The van der Waals surface area contributed by atoms with E-state index in [0.717, 1.165) is 6.26 Å². The van der Waals surface area contributed by atoms with Gasteiger partial charge < -0.3 is 5.32 Å². The zero-order valence-corrected chi connectivity index (χ0v) is 6.85. The fourth-order valence-electron chi connectivity index (χ4n) is 0.869. The Morgan fingerprint density at radius 3 is 2.64 bits per heavy atom. The molecule has 6 heteroatoms. The van der Waals surface area contributed by atoms with Crippen LogP contribution in [0.5, 0.6) is 0 Å². The molecule has 64 valence electrons. The van der Waals surface area contributed by atoms with Crippen molar-refractivity contribution in [3.63, 3.8) is 0 Å². The Kier molecular flexibility index (Phi) is 2.15. The molecule has 0 saturated carbocycles. The summed E-state index contributed by atoms with van der Waals surface area (Å²) in [4.78, 5) is 10.6. The summed E-state index contributed by atoms with van der Waals surface area (Å²) < 4.78 is 25.6. The molecule has 1 fully saturated rings. The maximum atomic E-state index is 10.6. The normalized spacial score (nSPS) is 25.2. The highest BCUT2D eigenvalue weighted by molar-refractivity contribution is 7.86. The highest BCUT2D eigenvalue weighted by Gasteiger charge is 2.24. The summed E-state index contributed by atoms with van der Waals surface area (Å²) in [6.07, 6.45) is 1.06. The van der Waals surface area contributed by atoms with Gasteiger partial charge in [-0.25, -0.2) is 4.18 Å². The van der Waals surface area contributed by atoms with E-state index in [1.54, 1.807) is 0 Å². The highest BCUT2D eigenvalue weighted by atomic mass is 32.2. The van der Waals surface area contributed by atoms with Crippen molar-refractivity contribution in [1.29, 1.82) is 0 Å². The first-order chi connectivity index (χ1) is 4.97. The molecular formula is C5H9NO4S. The summed E-state index contributed by atoms with van der Waals surface area (Å²) in [7, 11) is -3.45. The molecule has 1 atom stereocenters. The SMILES string of the molecule is CS(=O)(=O)OC1CCC(=O)N1. The van der Waals surface area contributed by atoms with Crippen LogP contribution in [0.25, 0.3) is 0 Å². The second kappa shape index (κ2) is 2.78. The first-order valence-corrected chi connectivity index (χ1v) is 4.97. The second-order valence-electron chi connectivity index (χ2n) is 2.40. The third-order valence-corrected chi connectivity index (χ3v) is 1.83. The van der Waals surface area contributed by atoms with Gasteiger partial charge in [-0.15, -0.1) is 0 Å². The minimum Gasteiger partial charge on any atom is -0.330 e. The van der Waals surface area contributed by atoms with Crippen LogP contribution in [0, 0.1) is 0 Å². The molecule has 0 aromatic heterocycles. The summed E-state index contributed by atoms with van der Waals surface area (Å²) >= 11 is 0. The van der Waals surface area contributed by atoms with Crippen LogP contribution >= 0.6 is 0 Å². The number of hydrogen-bond acceptors (Lipinski definition) is 4. The molecule has 1 heterocycles. The summed E-state index contributed by atoms with van der Waals surface area (Å²) in [6.45, 7) is 0. The van der Waals surface area contributed by atoms with Crippen molar-refractivity contribution in [1.82, 2.24) is 5.32 Å². The molecule has 11 heavy (non-hydrogen) atoms. The van der Waals surface area contributed by atoms with Crippen LogP contribution in [0.4, 0.5) is 0 Å². The van der Waals surface area contributed by atoms with Gasteiger partial charge in [-0.2, -0.15) is 8.42 Å². The number of rotatable bonds is 2. The molecule has 1 unspecified atom stereocenters. The Labute approximate surface area is 64.9 Å². The van der Waals surface area contributed by atoms with Gasteiger partial charge in [0, 0.05) is 12.8 Å². The van der Waals surface area contributed by atoms with Crippen molar-refractivity contribution in [3.8, 4) is 0 Å². The Hall–Kier alpha value is -0.620. The van der Waals surface area contributed by atoms with Gasteiger partial charge in [0.05, 0.1) is 6.26 Å². The Balaban J connectivity index is 2.47. The van der Waals surface area contributed by atoms with Crippen molar-refractivity contribution >= 4 is 16.0 Å². The van der Waals surface area contributed by atoms with Gasteiger partial charge in [0.1, 0.15) is 6.23 Å². The van der Waals surface area contributed by atoms with Gasteiger partial charge in [0.2, 0.25) is 5.91 Å². The van der Waals surface area contributed by atoms with Crippen molar-refractivity contribution in [3.05, 3.63) is 0 Å². The van der Waals surface area contributed by atoms with Gasteiger partial charge in [-0.1, -0.05) is 0 Å². The molecule has 0 aliphatic carbocycles. The Morgan fingerprint density at radius 1 is 1.64 bits per heavy atom. The lowest BCUT2D eigenvalue weighted by Crippen LogP contribution is -2.29. The molecule has 1 aliphatic rings. The standard InChI is InChI=1S/C5H9NO4S/c1-11(8,9)10-5-3-2-4(7)6-5/h5H,2-3H2,1H3,(H,6,7). The van der Waals surface area contributed by atoms with Gasteiger partial charge in [0.15, 0.2) is 0 Å². The van der Waals surface area contributed by atoms with Gasteiger partial charge in [0.25, 0.3) is 10.1 Å². The molecule has 1 aliphatic heterocycles. The molecule has 5 nitrogen and oxygen atoms in total. The average molecular weight is 179 g/mol. The van der Waals surface area contributed by atoms with Crippen LogP contribution in [0.2, 0.25) is 0 Å². The summed E-state index contributed by atoms with van der Waals surface area (Å²) in [5.41, 5.74) is 0. The fraction of sp³-hybridized carbons (Fsp3) is 0.800. The predicted octanol–water partition coefficient (Wildman–Crippen LogP) is -0.801. The van der Waals surface area contributed by atoms with E-state index in [1.807, 2.05) is 0 Å². The molecule has 1 rings (SSSR count). The summed E-state index contributed by atoms with van der Waals surface area (Å²) in [5.74, 6) is -0.168. The molecule has 0 aromatic carbocycles. The topological polar surface area (TPSA) is 72.5 Å². The average Bonchev–Trinajstić information content (AvgIpc) is 2.10. The molecule has 1 amide bonds. The van der Waals surface area contributed by atoms with Gasteiger partial charge in [-0.05, 0) is 0 Å². The summed E-state index contributed by atoms with van der Waals surface area (Å²) in [5, 5.41) is 2.37. The summed E-state index contributed by atoms with van der Waals surface area (Å²) in [6, 6.07) is 0. The number of carbonyl (C=O) groups is 1. The van der Waals surface area contributed by atoms with Crippen molar-refractivity contribution < 1.29 is 17.4 Å². The molecule has 0 bridgehead atoms. The van der Waals surface area contributed by atoms with E-state index < -0.39 is 16.3 Å². The third kappa shape index (κ3) is 2.85. The third-order valence-electron chi connectivity index (χ3n) is 1.25. The minimum absolute atomic E-state index is 0.168. The van der Waals surface area contributed by atoms with E-state index in [0.29, 0.717) is 12.8 Å². The number of nitrogens with one attached hydrogen (secondary N) is 1. The maximum Gasteiger partial charge on any atom is 0.266 e. The van der Waals surface area contributed by atoms with Crippen molar-refractivity contribution in [2.45, 2.75) is 19.1 Å². The van der Waals surface area contributed by atoms with E-state index in [1.165, 1.54) is 0 Å². The van der Waals surface area contributed by atoms with Crippen LogP contribution in [0.15, 0.2) is 0 Å². The van der Waals surface area contributed by atoms with E-state index in [9.17, 15) is 13.2 Å². The molecule has 0 radical (unpaired) electrons. The van der Waals surface area contributed by atoms with Crippen LogP contribution in [-0.2, 0) is 19.1 Å². The van der Waals surface area contributed by atoms with E-state index in [4.69, 9.17) is 0 Å². The minimum atomic E-state index is -3.45. The quantitative estimate of drug-likeness (QED) is 0.563. The number of carbonyl (C=O) groups excluding carboxylic acids is 1. The molecular weight excluding hydrogens is 170 g/mol. The van der Waals surface area contributed by atoms with E-state index in [2.05, 4.69) is 9.50 Å². The van der Waals surface area contributed by atoms with Crippen molar-refractivity contribution in [2.75, 3.05) is 6.26 Å². The zero-order valence-electron chi connectivity index (χ0n) is 6.03. The fourth-order valence-corrected chi connectivity index (χ4v) is 1.44. The maximum absolute atomic E-state index is 10.6. The first-order valence-electron chi connectivity index (χ1n) is 3.15. The Bertz CT molecular complexity index is 258. The monoisotopic (exact) mass is 179 g/mol. The van der Waals surface area contributed by atoms with Crippen LogP contribution in [-0.4, -0.2) is 26.8 Å². The lowest BCUT2D eigenvalue weighted by molar-refractivity contribution is -0.119. The van der Waals surface area contributed by atoms with Gasteiger partial charge in [-0.3, -0.25) is 4.79 Å². The molecule has 0 aromatic rings. The predicted molar refractivity (Wildman–Crippen MR) is 37.1 cm³/mol. The van der Waals surface area contributed by atoms with Crippen LogP contribution in [0.1, 0.15) is 12.8 Å². The Morgan fingerprint density at radius 2 is 2.27 bits per heavy atom. The smallest absolute Gasteiger partial charge is 0.266 e. The second-order valence-corrected chi connectivity index (χ2v) is 4.00. The number of amides is 1. The van der Waals surface area contributed by atoms with E-state index >= 15 is 0 Å². The zero-order chi connectivity index (χ0) is 8.48. The highest BCUT2D eigenvalue weighted by Crippen LogP contribution is 2.09.